The minimum Gasteiger partial charge on any atom is -0.503 e. The van der Waals surface area contributed by atoms with Crippen LogP contribution < -0.4 is 10.2 Å². The van der Waals surface area contributed by atoms with Crippen LogP contribution in [0.5, 0.6) is 11.5 Å². The van der Waals surface area contributed by atoms with Gasteiger partial charge in [0.15, 0.2) is 11.5 Å². The third-order valence-electron chi connectivity index (χ3n) is 2.71. The van der Waals surface area contributed by atoms with Crippen molar-refractivity contribution in [1.82, 2.24) is 4.98 Å². The maximum Gasteiger partial charge on any atom is 0.343 e. The van der Waals surface area contributed by atoms with E-state index < -0.39 is 11.4 Å². The third kappa shape index (κ3) is 2.12. The largest absolute Gasteiger partial charge is 0.503 e. The second-order valence-electron chi connectivity index (χ2n) is 3.79. The van der Waals surface area contributed by atoms with Crippen LogP contribution >= 0.6 is 0 Å². The van der Waals surface area contributed by atoms with Gasteiger partial charge in [-0.05, 0) is 19.1 Å². The molecule has 0 aliphatic rings. The number of phenols is 1. The molecule has 6 nitrogen and oxygen atoms in total. The highest BCUT2D eigenvalue weighted by atomic mass is 16.5. The van der Waals surface area contributed by atoms with Crippen molar-refractivity contribution in [2.24, 2.45) is 0 Å². The zero-order valence-corrected chi connectivity index (χ0v) is 10.5. The Hall–Kier alpha value is -2.50. The van der Waals surface area contributed by atoms with Gasteiger partial charge >= 0.3 is 5.97 Å². The fraction of sp³-hybridized carbons (Fsp3) is 0.231. The summed E-state index contributed by atoms with van der Waals surface area (Å²) in [6, 6.07) is 2.94. The van der Waals surface area contributed by atoms with Gasteiger partial charge in [-0.15, -0.1) is 0 Å². The SMILES string of the molecule is CCOC(=O)c1c[nH]c2c(O)c(OC)ccc2c1=O. The first-order valence-corrected chi connectivity index (χ1v) is 5.68. The summed E-state index contributed by atoms with van der Waals surface area (Å²) in [5.41, 5.74) is -0.374. The maximum atomic E-state index is 12.1. The first-order valence-electron chi connectivity index (χ1n) is 5.68. The molecule has 0 spiro atoms. The van der Waals surface area contributed by atoms with E-state index in [2.05, 4.69) is 4.98 Å². The number of aromatic nitrogens is 1. The van der Waals surface area contributed by atoms with E-state index in [0.717, 1.165) is 0 Å². The van der Waals surface area contributed by atoms with Gasteiger partial charge in [0.05, 0.1) is 24.6 Å². The van der Waals surface area contributed by atoms with Crippen molar-refractivity contribution in [3.05, 3.63) is 34.1 Å². The number of carbonyl (C=O) groups excluding carboxylic acids is 1. The van der Waals surface area contributed by atoms with Crippen LogP contribution in [0, 0.1) is 0 Å². The first-order chi connectivity index (χ1) is 9.10. The van der Waals surface area contributed by atoms with Crippen LogP contribution in [0.15, 0.2) is 23.1 Å². The molecular formula is C13H13NO5. The molecule has 1 aromatic heterocycles. The van der Waals surface area contributed by atoms with Crippen molar-refractivity contribution in [3.63, 3.8) is 0 Å². The Labute approximate surface area is 108 Å². The molecule has 0 radical (unpaired) electrons. The number of nitrogens with one attached hydrogen (secondary N) is 1. The molecule has 0 aliphatic carbocycles. The number of benzene rings is 1. The number of rotatable bonds is 3. The second-order valence-corrected chi connectivity index (χ2v) is 3.79. The molecule has 0 saturated carbocycles. The Morgan fingerprint density at radius 3 is 2.79 bits per heavy atom. The van der Waals surface area contributed by atoms with Gasteiger partial charge in [-0.25, -0.2) is 4.79 Å². The van der Waals surface area contributed by atoms with Crippen molar-refractivity contribution in [2.45, 2.75) is 6.92 Å². The van der Waals surface area contributed by atoms with Crippen LogP contribution in [0.1, 0.15) is 17.3 Å². The van der Waals surface area contributed by atoms with Crippen LogP contribution in [-0.2, 0) is 4.74 Å². The predicted octanol–water partition coefficient (Wildman–Crippen LogP) is 1.42. The Morgan fingerprint density at radius 1 is 1.42 bits per heavy atom. The summed E-state index contributed by atoms with van der Waals surface area (Å²) in [6.45, 7) is 1.84. The summed E-state index contributed by atoms with van der Waals surface area (Å²) in [7, 11) is 1.41. The number of methoxy groups -OCH3 is 1. The van der Waals surface area contributed by atoms with Crippen LogP contribution in [0.3, 0.4) is 0 Å². The molecule has 0 atom stereocenters. The normalized spacial score (nSPS) is 10.4. The first kappa shape index (κ1) is 12.9. The van der Waals surface area contributed by atoms with Crippen molar-refractivity contribution in [3.8, 4) is 11.5 Å². The van der Waals surface area contributed by atoms with E-state index >= 15 is 0 Å². The monoisotopic (exact) mass is 263 g/mol. The Balaban J connectivity index is 2.67. The number of phenolic OH excluding ortho intramolecular Hbond substituents is 1. The highest BCUT2D eigenvalue weighted by molar-refractivity contribution is 5.95. The minimum atomic E-state index is -0.694. The molecule has 2 aromatic rings. The zero-order valence-electron chi connectivity index (χ0n) is 10.5. The summed E-state index contributed by atoms with van der Waals surface area (Å²) in [6.07, 6.45) is 1.22. The lowest BCUT2D eigenvalue weighted by Gasteiger charge is -2.07. The van der Waals surface area contributed by atoms with Gasteiger partial charge in [0, 0.05) is 6.20 Å². The van der Waals surface area contributed by atoms with Gasteiger partial charge in [0.1, 0.15) is 5.56 Å². The highest BCUT2D eigenvalue weighted by Gasteiger charge is 2.16. The average molecular weight is 263 g/mol. The van der Waals surface area contributed by atoms with Gasteiger partial charge in [0.2, 0.25) is 5.43 Å². The number of ether oxygens (including phenoxy) is 2. The number of esters is 1. The standard InChI is InChI=1S/C13H13NO5/c1-3-19-13(17)8-6-14-10-7(11(8)15)4-5-9(18-2)12(10)16/h4-6,16H,3H2,1-2H3,(H,14,15). The van der Waals surface area contributed by atoms with Crippen LogP contribution in [-0.4, -0.2) is 29.8 Å². The summed E-state index contributed by atoms with van der Waals surface area (Å²) < 4.78 is 9.73. The molecule has 1 heterocycles. The van der Waals surface area contributed by atoms with E-state index in [0.29, 0.717) is 0 Å². The molecule has 0 saturated heterocycles. The highest BCUT2D eigenvalue weighted by Crippen LogP contribution is 2.31. The van der Waals surface area contributed by atoms with E-state index in [9.17, 15) is 14.7 Å². The molecular weight excluding hydrogens is 250 g/mol. The van der Waals surface area contributed by atoms with Crippen molar-refractivity contribution in [2.75, 3.05) is 13.7 Å². The summed E-state index contributed by atoms with van der Waals surface area (Å²) in [4.78, 5) is 26.4. The van der Waals surface area contributed by atoms with Crippen molar-refractivity contribution < 1.29 is 19.4 Å². The number of pyridine rings is 1. The van der Waals surface area contributed by atoms with Crippen molar-refractivity contribution >= 4 is 16.9 Å². The molecule has 6 heteroatoms. The smallest absolute Gasteiger partial charge is 0.343 e. The number of carbonyl (C=O) groups is 1. The minimum absolute atomic E-state index is 0.0982. The molecule has 100 valence electrons. The molecule has 0 unspecified atom stereocenters. The summed E-state index contributed by atoms with van der Waals surface area (Å²) >= 11 is 0. The average Bonchev–Trinajstić information content (AvgIpc) is 2.40. The lowest BCUT2D eigenvalue weighted by molar-refractivity contribution is 0.0524. The fourth-order valence-electron chi connectivity index (χ4n) is 1.79. The lowest BCUT2D eigenvalue weighted by atomic mass is 10.1. The van der Waals surface area contributed by atoms with Crippen LogP contribution in [0.4, 0.5) is 0 Å². The van der Waals surface area contributed by atoms with Gasteiger partial charge in [-0.2, -0.15) is 0 Å². The number of fused-ring (bicyclic) bond motifs is 1. The Kier molecular flexibility index (Phi) is 3.41. The fourth-order valence-corrected chi connectivity index (χ4v) is 1.79. The molecule has 0 fully saturated rings. The number of aromatic amines is 1. The number of H-pyrrole nitrogens is 1. The number of aromatic hydroxyl groups is 1. The lowest BCUT2D eigenvalue weighted by Crippen LogP contribution is -2.18. The summed E-state index contributed by atoms with van der Waals surface area (Å²) in [5, 5.41) is 10.1. The molecule has 0 amide bonds. The second kappa shape index (κ2) is 5.01. The topological polar surface area (TPSA) is 88.6 Å². The Bertz CT molecular complexity index is 689. The predicted molar refractivity (Wildman–Crippen MR) is 68.7 cm³/mol. The molecule has 0 bridgehead atoms. The third-order valence-corrected chi connectivity index (χ3v) is 2.71. The molecule has 2 N–H and O–H groups in total. The van der Waals surface area contributed by atoms with E-state index in [1.54, 1.807) is 6.92 Å². The summed E-state index contributed by atoms with van der Waals surface area (Å²) in [5.74, 6) is -0.625. The molecule has 0 aliphatic heterocycles. The van der Waals surface area contributed by atoms with Gasteiger partial charge in [-0.1, -0.05) is 0 Å². The van der Waals surface area contributed by atoms with Crippen LogP contribution in [0.2, 0.25) is 0 Å². The molecule has 19 heavy (non-hydrogen) atoms. The van der Waals surface area contributed by atoms with E-state index in [1.807, 2.05) is 0 Å². The molecule has 1 aromatic carbocycles. The van der Waals surface area contributed by atoms with Gasteiger partial charge in [-0.3, -0.25) is 4.79 Å². The quantitative estimate of drug-likeness (QED) is 0.817. The maximum absolute atomic E-state index is 12.1. The number of hydrogen-bond donors (Lipinski definition) is 2. The van der Waals surface area contributed by atoms with Gasteiger partial charge < -0.3 is 19.6 Å². The van der Waals surface area contributed by atoms with E-state index in [4.69, 9.17) is 9.47 Å². The van der Waals surface area contributed by atoms with Crippen LogP contribution in [0.25, 0.3) is 10.9 Å². The molecule has 2 rings (SSSR count). The van der Waals surface area contributed by atoms with E-state index in [-0.39, 0.29) is 34.6 Å². The Morgan fingerprint density at radius 2 is 2.16 bits per heavy atom. The number of hydrogen-bond acceptors (Lipinski definition) is 5. The van der Waals surface area contributed by atoms with E-state index in [1.165, 1.54) is 25.4 Å². The zero-order chi connectivity index (χ0) is 14.0. The van der Waals surface area contributed by atoms with Crippen molar-refractivity contribution in [1.29, 1.82) is 0 Å². The van der Waals surface area contributed by atoms with Gasteiger partial charge in [0.25, 0.3) is 0 Å².